The van der Waals surface area contributed by atoms with Gasteiger partial charge in [-0.25, -0.2) is 4.79 Å². The molecule has 0 aromatic heterocycles. The van der Waals surface area contributed by atoms with Gasteiger partial charge >= 0.3 is 6.09 Å². The number of unbranched alkanes of at least 4 members (excludes halogenated alkanes) is 2. The lowest BCUT2D eigenvalue weighted by molar-refractivity contribution is -0.143. The number of carbonyl (C=O) groups excluding carboxylic acids is 3. The summed E-state index contributed by atoms with van der Waals surface area (Å²) < 4.78 is 5.54. The fourth-order valence-electron chi connectivity index (χ4n) is 5.78. The Labute approximate surface area is 257 Å². The Kier molecular flexibility index (Phi) is 12.5. The summed E-state index contributed by atoms with van der Waals surface area (Å²) in [4.78, 5) is 43.5. The van der Waals surface area contributed by atoms with Crippen molar-refractivity contribution in [3.8, 4) is 5.75 Å². The monoisotopic (exact) mass is 593 g/mol. The minimum absolute atomic E-state index is 0.0786. The van der Waals surface area contributed by atoms with Crippen LogP contribution in [0, 0.1) is 13.8 Å². The molecule has 43 heavy (non-hydrogen) atoms. The van der Waals surface area contributed by atoms with Crippen LogP contribution in [0.3, 0.4) is 0 Å². The summed E-state index contributed by atoms with van der Waals surface area (Å²) in [5.41, 5.74) is 2.79. The third-order valence-corrected chi connectivity index (χ3v) is 7.72. The molecule has 3 N–H and O–H groups in total. The van der Waals surface area contributed by atoms with E-state index in [9.17, 15) is 19.5 Å². The summed E-state index contributed by atoms with van der Waals surface area (Å²) >= 11 is 0. The third-order valence-electron chi connectivity index (χ3n) is 7.72. The van der Waals surface area contributed by atoms with E-state index in [-0.39, 0.29) is 30.0 Å². The molecule has 0 aliphatic heterocycles. The van der Waals surface area contributed by atoms with Crippen LogP contribution in [0.1, 0.15) is 107 Å². The molecule has 2 aromatic rings. The van der Waals surface area contributed by atoms with Gasteiger partial charge in [0.1, 0.15) is 23.4 Å². The Hall–Kier alpha value is -3.55. The number of nitrogens with zero attached hydrogens (tertiary/aromatic N) is 1. The summed E-state index contributed by atoms with van der Waals surface area (Å²) in [6, 6.07) is 10.8. The summed E-state index contributed by atoms with van der Waals surface area (Å²) in [5.74, 6) is -0.428. The van der Waals surface area contributed by atoms with Gasteiger partial charge in [-0.2, -0.15) is 0 Å². The molecule has 0 bridgehead atoms. The maximum Gasteiger partial charge on any atom is 0.408 e. The number of carbonyl (C=O) groups is 3. The molecule has 1 aliphatic rings. The number of aryl methyl sites for hydroxylation is 2. The average Bonchev–Trinajstić information content (AvgIpc) is 2.92. The summed E-state index contributed by atoms with van der Waals surface area (Å²) in [6.07, 6.45) is 7.23. The second-order valence-electron chi connectivity index (χ2n) is 13.0. The molecule has 0 saturated heterocycles. The highest BCUT2D eigenvalue weighted by Crippen LogP contribution is 2.28. The Morgan fingerprint density at radius 2 is 1.60 bits per heavy atom. The highest BCUT2D eigenvalue weighted by atomic mass is 16.6. The van der Waals surface area contributed by atoms with Crippen LogP contribution in [0.5, 0.6) is 5.75 Å². The molecule has 1 saturated carbocycles. The first-order valence-corrected chi connectivity index (χ1v) is 15.8. The zero-order valence-electron chi connectivity index (χ0n) is 26.9. The molecule has 1 aliphatic carbocycles. The van der Waals surface area contributed by atoms with Crippen LogP contribution < -0.4 is 10.6 Å². The number of nitrogens with one attached hydrogen (secondary N) is 2. The molecular weight excluding hydrogens is 542 g/mol. The highest BCUT2D eigenvalue weighted by molar-refractivity contribution is 5.92. The quantitative estimate of drug-likeness (QED) is 0.239. The van der Waals surface area contributed by atoms with Gasteiger partial charge < -0.3 is 25.4 Å². The van der Waals surface area contributed by atoms with E-state index in [0.29, 0.717) is 6.54 Å². The fourth-order valence-corrected chi connectivity index (χ4v) is 5.78. The van der Waals surface area contributed by atoms with Gasteiger partial charge in [0.25, 0.3) is 0 Å². The Bertz CT molecular complexity index is 1190. The topological polar surface area (TPSA) is 108 Å². The lowest BCUT2D eigenvalue weighted by atomic mass is 9.93. The van der Waals surface area contributed by atoms with Crippen molar-refractivity contribution in [3.63, 3.8) is 0 Å². The zero-order chi connectivity index (χ0) is 31.6. The van der Waals surface area contributed by atoms with E-state index in [2.05, 4.69) is 23.6 Å². The van der Waals surface area contributed by atoms with Gasteiger partial charge in [-0.05, 0) is 77.1 Å². The number of aromatic hydroxyl groups is 1. The van der Waals surface area contributed by atoms with E-state index in [0.717, 1.165) is 67.2 Å². The molecule has 3 rings (SSSR count). The molecule has 2 aromatic carbocycles. The van der Waals surface area contributed by atoms with E-state index in [1.165, 1.54) is 6.42 Å². The third kappa shape index (κ3) is 10.9. The van der Waals surface area contributed by atoms with Crippen LogP contribution in [0.25, 0.3) is 0 Å². The van der Waals surface area contributed by atoms with Crippen molar-refractivity contribution >= 4 is 17.9 Å². The maximum absolute atomic E-state index is 14.6. The number of phenolic OH excluding ortho intramolecular Hbond substituents is 1. The Morgan fingerprint density at radius 1 is 0.977 bits per heavy atom. The van der Waals surface area contributed by atoms with Gasteiger partial charge in [-0.15, -0.1) is 0 Å². The molecule has 8 heteroatoms. The molecule has 1 fully saturated rings. The number of benzene rings is 2. The normalized spacial score (nSPS) is 15.3. The molecule has 0 radical (unpaired) electrons. The van der Waals surface area contributed by atoms with Crippen LogP contribution in [0.4, 0.5) is 4.79 Å². The van der Waals surface area contributed by atoms with Crippen molar-refractivity contribution in [2.75, 3.05) is 6.54 Å². The second kappa shape index (κ2) is 15.8. The standard InChI is InChI=1S/C35H51N3O5/c1-7-8-12-19-38(31(27-21-24(2)20-25(3)22-27)32(40)36-28-13-10-9-11-14-28)33(41)30(37-34(42)43-35(4,5)6)23-26-15-17-29(39)18-16-26/h15-18,20-22,28,30-31,39H,7-14,19,23H2,1-6H3,(H,36,40)(H,37,42). The minimum Gasteiger partial charge on any atom is -0.508 e. The van der Waals surface area contributed by atoms with Gasteiger partial charge in [-0.1, -0.05) is 80.5 Å². The number of ether oxygens (including phenoxy) is 1. The van der Waals surface area contributed by atoms with Crippen molar-refractivity contribution in [3.05, 3.63) is 64.7 Å². The van der Waals surface area contributed by atoms with Crippen LogP contribution >= 0.6 is 0 Å². The fraction of sp³-hybridized carbons (Fsp3) is 0.571. The van der Waals surface area contributed by atoms with Crippen LogP contribution in [0.2, 0.25) is 0 Å². The summed E-state index contributed by atoms with van der Waals surface area (Å²) in [6.45, 7) is 11.8. The van der Waals surface area contributed by atoms with Gasteiger partial charge in [0.2, 0.25) is 11.8 Å². The molecule has 236 valence electrons. The van der Waals surface area contributed by atoms with Gasteiger partial charge in [0.05, 0.1) is 0 Å². The number of hydrogen-bond acceptors (Lipinski definition) is 5. The van der Waals surface area contributed by atoms with Crippen LogP contribution in [-0.4, -0.2) is 52.1 Å². The SMILES string of the molecule is CCCCCN(C(=O)C(Cc1ccc(O)cc1)NC(=O)OC(C)(C)C)C(C(=O)NC1CCCCC1)c1cc(C)cc(C)c1. The minimum atomic E-state index is -0.989. The molecular formula is C35H51N3O5. The first kappa shape index (κ1) is 33.9. The van der Waals surface area contributed by atoms with Crippen LogP contribution in [-0.2, 0) is 20.7 Å². The lowest BCUT2D eigenvalue weighted by Crippen LogP contribution is -2.54. The smallest absolute Gasteiger partial charge is 0.408 e. The van der Waals surface area contributed by atoms with Gasteiger partial charge in [0.15, 0.2) is 0 Å². The van der Waals surface area contributed by atoms with E-state index in [1.54, 1.807) is 49.9 Å². The predicted octanol–water partition coefficient (Wildman–Crippen LogP) is 6.65. The number of hydrogen-bond donors (Lipinski definition) is 3. The Balaban J connectivity index is 2.05. The maximum atomic E-state index is 14.6. The number of amides is 3. The van der Waals surface area contributed by atoms with E-state index < -0.39 is 23.8 Å². The lowest BCUT2D eigenvalue weighted by Gasteiger charge is -2.36. The largest absolute Gasteiger partial charge is 0.508 e. The van der Waals surface area contributed by atoms with E-state index in [1.807, 2.05) is 26.0 Å². The average molecular weight is 594 g/mol. The molecule has 0 heterocycles. The second-order valence-corrected chi connectivity index (χ2v) is 13.0. The Morgan fingerprint density at radius 3 is 2.19 bits per heavy atom. The van der Waals surface area contributed by atoms with Crippen LogP contribution in [0.15, 0.2) is 42.5 Å². The van der Waals surface area contributed by atoms with Crippen molar-refractivity contribution < 1.29 is 24.2 Å². The molecule has 2 unspecified atom stereocenters. The summed E-state index contributed by atoms with van der Waals surface area (Å²) in [5, 5.41) is 15.9. The number of phenols is 1. The molecule has 3 amide bonds. The first-order chi connectivity index (χ1) is 20.4. The number of rotatable bonds is 12. The molecule has 2 atom stereocenters. The van der Waals surface area contributed by atoms with Crippen molar-refractivity contribution in [1.82, 2.24) is 15.5 Å². The number of alkyl carbamates (subject to hydrolysis) is 1. The van der Waals surface area contributed by atoms with E-state index >= 15 is 0 Å². The summed E-state index contributed by atoms with van der Waals surface area (Å²) in [7, 11) is 0. The van der Waals surface area contributed by atoms with Crippen molar-refractivity contribution in [2.24, 2.45) is 0 Å². The molecule has 0 spiro atoms. The molecule has 8 nitrogen and oxygen atoms in total. The van der Waals surface area contributed by atoms with Gasteiger partial charge in [0, 0.05) is 19.0 Å². The van der Waals surface area contributed by atoms with Crippen molar-refractivity contribution in [2.45, 2.75) is 123 Å². The first-order valence-electron chi connectivity index (χ1n) is 15.8. The van der Waals surface area contributed by atoms with Gasteiger partial charge in [-0.3, -0.25) is 9.59 Å². The zero-order valence-corrected chi connectivity index (χ0v) is 26.9. The van der Waals surface area contributed by atoms with Crippen molar-refractivity contribution in [1.29, 1.82) is 0 Å². The highest BCUT2D eigenvalue weighted by Gasteiger charge is 2.37. The van der Waals surface area contributed by atoms with E-state index in [4.69, 9.17) is 4.74 Å². The predicted molar refractivity (Wildman–Crippen MR) is 170 cm³/mol.